The number of nitrogens with zero attached hydrogens (tertiary/aromatic N) is 2. The zero-order chi connectivity index (χ0) is 16.6. The molecule has 0 unspecified atom stereocenters. The van der Waals surface area contributed by atoms with E-state index >= 15 is 0 Å². The molecule has 0 radical (unpaired) electrons. The average molecular weight is 328 g/mol. The van der Waals surface area contributed by atoms with E-state index in [4.69, 9.17) is 0 Å². The minimum atomic E-state index is -1.57. The number of carbonyl (C=O) groups excluding carboxylic acids is 1. The molecule has 0 spiro atoms. The van der Waals surface area contributed by atoms with Crippen LogP contribution in [0.1, 0.15) is 29.6 Å². The van der Waals surface area contributed by atoms with Crippen LogP contribution < -0.4 is 0 Å². The first-order valence-electron chi connectivity index (χ1n) is 7.83. The first-order chi connectivity index (χ1) is 11.0. The maximum atomic E-state index is 13.3. The van der Waals surface area contributed by atoms with Crippen LogP contribution in [-0.4, -0.2) is 59.1 Å². The summed E-state index contributed by atoms with van der Waals surface area (Å²) in [6.45, 7) is 2.06. The summed E-state index contributed by atoms with van der Waals surface area (Å²) >= 11 is 0. The molecule has 1 aromatic rings. The Morgan fingerprint density at radius 2 is 1.65 bits per heavy atom. The molecular formula is C16H19F3N2O2. The molecule has 0 bridgehead atoms. The van der Waals surface area contributed by atoms with Gasteiger partial charge in [-0.2, -0.15) is 0 Å². The summed E-state index contributed by atoms with van der Waals surface area (Å²) in [5.41, 5.74) is -0.184. The molecule has 1 aromatic carbocycles. The van der Waals surface area contributed by atoms with Crippen molar-refractivity contribution < 1.29 is 23.1 Å². The average Bonchev–Trinajstić information content (AvgIpc) is 2.97. The van der Waals surface area contributed by atoms with Gasteiger partial charge in [0.25, 0.3) is 5.91 Å². The number of benzene rings is 1. The summed E-state index contributed by atoms with van der Waals surface area (Å²) in [5, 5.41) is 9.94. The van der Waals surface area contributed by atoms with Crippen molar-refractivity contribution in [3.8, 4) is 0 Å². The highest BCUT2D eigenvalue weighted by atomic mass is 19.2. The normalized spacial score (nSPS) is 25.8. The Morgan fingerprint density at radius 3 is 2.17 bits per heavy atom. The number of hydrogen-bond acceptors (Lipinski definition) is 3. The van der Waals surface area contributed by atoms with Crippen molar-refractivity contribution in [3.05, 3.63) is 35.1 Å². The molecular weight excluding hydrogens is 309 g/mol. The van der Waals surface area contributed by atoms with Gasteiger partial charge in [0.1, 0.15) is 0 Å². The van der Waals surface area contributed by atoms with Crippen LogP contribution in [-0.2, 0) is 0 Å². The molecule has 23 heavy (non-hydrogen) atoms. The van der Waals surface area contributed by atoms with Crippen molar-refractivity contribution in [3.63, 3.8) is 0 Å². The SMILES string of the molecule is O=C(c1cc(F)c(F)c(F)c1)N1CCN([C@@H]2CCC[C@@H]2O)CC1. The number of halogens is 3. The van der Waals surface area contributed by atoms with Crippen LogP contribution in [0.4, 0.5) is 13.2 Å². The van der Waals surface area contributed by atoms with Crippen molar-refractivity contribution >= 4 is 5.91 Å². The summed E-state index contributed by atoms with van der Waals surface area (Å²) in [7, 11) is 0. The number of rotatable bonds is 2. The molecule has 1 N–H and O–H groups in total. The van der Waals surface area contributed by atoms with Crippen molar-refractivity contribution in [1.82, 2.24) is 9.80 Å². The van der Waals surface area contributed by atoms with Gasteiger partial charge in [-0.05, 0) is 31.4 Å². The minimum Gasteiger partial charge on any atom is -0.391 e. The highest BCUT2D eigenvalue weighted by Crippen LogP contribution is 2.25. The van der Waals surface area contributed by atoms with E-state index in [-0.39, 0.29) is 17.7 Å². The Balaban J connectivity index is 1.64. The van der Waals surface area contributed by atoms with E-state index in [2.05, 4.69) is 4.90 Å². The van der Waals surface area contributed by atoms with Gasteiger partial charge in [0.05, 0.1) is 6.10 Å². The molecule has 3 rings (SSSR count). The van der Waals surface area contributed by atoms with Crippen LogP contribution in [0.15, 0.2) is 12.1 Å². The second-order valence-corrected chi connectivity index (χ2v) is 6.15. The molecule has 1 saturated heterocycles. The highest BCUT2D eigenvalue weighted by Gasteiger charge is 2.33. The number of amides is 1. The number of aliphatic hydroxyl groups is 1. The van der Waals surface area contributed by atoms with Gasteiger partial charge in [0.2, 0.25) is 0 Å². The predicted molar refractivity (Wildman–Crippen MR) is 77.4 cm³/mol. The fourth-order valence-electron chi connectivity index (χ4n) is 3.47. The van der Waals surface area contributed by atoms with E-state index < -0.39 is 23.4 Å². The van der Waals surface area contributed by atoms with Crippen LogP contribution in [0.3, 0.4) is 0 Å². The van der Waals surface area contributed by atoms with E-state index in [9.17, 15) is 23.1 Å². The lowest BCUT2D eigenvalue weighted by atomic mass is 10.1. The third kappa shape index (κ3) is 3.21. The first kappa shape index (κ1) is 16.3. The Labute approximate surface area is 132 Å². The lowest BCUT2D eigenvalue weighted by Crippen LogP contribution is -2.53. The monoisotopic (exact) mass is 328 g/mol. The number of carbonyl (C=O) groups is 1. The summed E-state index contributed by atoms with van der Waals surface area (Å²) in [4.78, 5) is 16.0. The summed E-state index contributed by atoms with van der Waals surface area (Å²) < 4.78 is 39.5. The van der Waals surface area contributed by atoms with Gasteiger partial charge < -0.3 is 10.0 Å². The highest BCUT2D eigenvalue weighted by molar-refractivity contribution is 5.94. The molecule has 4 nitrogen and oxygen atoms in total. The van der Waals surface area contributed by atoms with Crippen LogP contribution in [0.5, 0.6) is 0 Å². The maximum absolute atomic E-state index is 13.3. The number of piperazine rings is 1. The second-order valence-electron chi connectivity index (χ2n) is 6.15. The molecule has 1 amide bonds. The van der Waals surface area contributed by atoms with E-state index in [0.717, 1.165) is 31.4 Å². The van der Waals surface area contributed by atoms with E-state index in [1.165, 1.54) is 4.90 Å². The van der Waals surface area contributed by atoms with Crippen molar-refractivity contribution in [2.24, 2.45) is 0 Å². The molecule has 1 saturated carbocycles. The van der Waals surface area contributed by atoms with Gasteiger partial charge in [-0.1, -0.05) is 0 Å². The third-order valence-electron chi connectivity index (χ3n) is 4.75. The van der Waals surface area contributed by atoms with Gasteiger partial charge in [-0.3, -0.25) is 9.69 Å². The number of aliphatic hydroxyl groups excluding tert-OH is 1. The molecule has 126 valence electrons. The van der Waals surface area contributed by atoms with Gasteiger partial charge in [0, 0.05) is 37.8 Å². The zero-order valence-corrected chi connectivity index (χ0v) is 12.6. The van der Waals surface area contributed by atoms with Gasteiger partial charge in [-0.15, -0.1) is 0 Å². The number of hydrogen-bond donors (Lipinski definition) is 1. The second kappa shape index (κ2) is 6.49. The summed E-state index contributed by atoms with van der Waals surface area (Å²) in [6.07, 6.45) is 2.43. The van der Waals surface area contributed by atoms with Gasteiger partial charge >= 0.3 is 0 Å². The van der Waals surface area contributed by atoms with Crippen LogP contribution in [0.2, 0.25) is 0 Å². The Bertz CT molecular complexity index is 580. The minimum absolute atomic E-state index is 0.132. The third-order valence-corrected chi connectivity index (χ3v) is 4.75. The quantitative estimate of drug-likeness (QED) is 0.842. The lowest BCUT2D eigenvalue weighted by molar-refractivity contribution is 0.0315. The molecule has 1 heterocycles. The lowest BCUT2D eigenvalue weighted by Gasteiger charge is -2.39. The van der Waals surface area contributed by atoms with Gasteiger partial charge in [0.15, 0.2) is 17.5 Å². The van der Waals surface area contributed by atoms with Crippen molar-refractivity contribution in [2.45, 2.75) is 31.4 Å². The fraction of sp³-hybridized carbons (Fsp3) is 0.562. The maximum Gasteiger partial charge on any atom is 0.254 e. The van der Waals surface area contributed by atoms with E-state index in [0.29, 0.717) is 26.2 Å². The van der Waals surface area contributed by atoms with Crippen LogP contribution in [0, 0.1) is 17.5 Å². The molecule has 2 atom stereocenters. The van der Waals surface area contributed by atoms with Crippen molar-refractivity contribution in [2.75, 3.05) is 26.2 Å². The summed E-state index contributed by atoms with van der Waals surface area (Å²) in [6, 6.07) is 1.59. The Morgan fingerprint density at radius 1 is 1.04 bits per heavy atom. The zero-order valence-electron chi connectivity index (χ0n) is 12.6. The molecule has 2 aliphatic rings. The molecule has 1 aliphatic heterocycles. The topological polar surface area (TPSA) is 43.8 Å². The van der Waals surface area contributed by atoms with Crippen LogP contribution in [0.25, 0.3) is 0 Å². The molecule has 2 fully saturated rings. The van der Waals surface area contributed by atoms with Crippen molar-refractivity contribution in [1.29, 1.82) is 0 Å². The first-order valence-corrected chi connectivity index (χ1v) is 7.83. The molecule has 7 heteroatoms. The largest absolute Gasteiger partial charge is 0.391 e. The fourth-order valence-corrected chi connectivity index (χ4v) is 3.47. The standard InChI is InChI=1S/C16H19F3N2O2/c17-11-8-10(9-12(18)15(11)19)16(23)21-6-4-20(5-7-21)13-2-1-3-14(13)22/h8-9,13-14,22H,1-7H2/t13-,14+/m1/s1. The van der Waals surface area contributed by atoms with Gasteiger partial charge in [-0.25, -0.2) is 13.2 Å². The van der Waals surface area contributed by atoms with E-state index in [1.807, 2.05) is 0 Å². The smallest absolute Gasteiger partial charge is 0.254 e. The Kier molecular flexibility index (Phi) is 4.59. The molecule has 1 aliphatic carbocycles. The Hall–Kier alpha value is -1.60. The predicted octanol–water partition coefficient (Wildman–Crippen LogP) is 1.78. The molecule has 0 aromatic heterocycles. The van der Waals surface area contributed by atoms with E-state index in [1.54, 1.807) is 0 Å². The summed E-state index contributed by atoms with van der Waals surface area (Å²) in [5.74, 6) is -4.79. The van der Waals surface area contributed by atoms with Crippen LogP contribution >= 0.6 is 0 Å².